The number of phenols is 1. The van der Waals surface area contributed by atoms with Gasteiger partial charge in [0.1, 0.15) is 11.8 Å². The van der Waals surface area contributed by atoms with Crippen molar-refractivity contribution in [3.05, 3.63) is 28.2 Å². The van der Waals surface area contributed by atoms with E-state index in [0.717, 1.165) is 4.47 Å². The van der Waals surface area contributed by atoms with Crippen LogP contribution in [-0.4, -0.2) is 46.9 Å². The highest BCUT2D eigenvalue weighted by molar-refractivity contribution is 9.10. The van der Waals surface area contributed by atoms with Crippen molar-refractivity contribution in [1.29, 1.82) is 0 Å². The van der Waals surface area contributed by atoms with Gasteiger partial charge in [-0.05, 0) is 12.1 Å². The number of ether oxygens (including phenoxy) is 1. The van der Waals surface area contributed by atoms with Gasteiger partial charge >= 0.3 is 5.97 Å². The number of aliphatic carboxylic acids is 1. The first-order valence-corrected chi connectivity index (χ1v) is 6.39. The van der Waals surface area contributed by atoms with E-state index in [1.54, 1.807) is 17.0 Å². The molecule has 6 heteroatoms. The predicted octanol–water partition coefficient (Wildman–Crippen LogP) is 1.44. The molecule has 2 rings (SSSR count). The Morgan fingerprint density at radius 3 is 3.00 bits per heavy atom. The monoisotopic (exact) mass is 315 g/mol. The Balaban J connectivity index is 2.13. The van der Waals surface area contributed by atoms with E-state index in [9.17, 15) is 9.90 Å². The Hall–Kier alpha value is -1.11. The van der Waals surface area contributed by atoms with Crippen molar-refractivity contribution in [2.24, 2.45) is 0 Å². The highest BCUT2D eigenvalue weighted by atomic mass is 79.9. The first kappa shape index (κ1) is 13.3. The van der Waals surface area contributed by atoms with Gasteiger partial charge in [0.15, 0.2) is 0 Å². The Bertz CT molecular complexity index is 452. The molecule has 0 saturated carbocycles. The van der Waals surface area contributed by atoms with Gasteiger partial charge in [0.25, 0.3) is 0 Å². The summed E-state index contributed by atoms with van der Waals surface area (Å²) in [5.74, 6) is -0.730. The molecular formula is C12H14BrNO4. The number of carbonyl (C=O) groups is 1. The minimum atomic E-state index is -0.897. The largest absolute Gasteiger partial charge is 0.508 e. The molecule has 1 aromatic carbocycles. The summed E-state index contributed by atoms with van der Waals surface area (Å²) >= 11 is 3.27. The highest BCUT2D eigenvalue weighted by Gasteiger charge is 2.29. The summed E-state index contributed by atoms with van der Waals surface area (Å²) < 4.78 is 5.96. The molecule has 5 nitrogen and oxygen atoms in total. The zero-order valence-electron chi connectivity index (χ0n) is 9.67. The van der Waals surface area contributed by atoms with Crippen molar-refractivity contribution in [1.82, 2.24) is 4.90 Å². The summed E-state index contributed by atoms with van der Waals surface area (Å²) in [5.41, 5.74) is 0.714. The second-order valence-electron chi connectivity index (χ2n) is 4.17. The second kappa shape index (κ2) is 5.69. The van der Waals surface area contributed by atoms with Crippen LogP contribution < -0.4 is 0 Å². The maximum absolute atomic E-state index is 11.1. The molecule has 1 unspecified atom stereocenters. The summed E-state index contributed by atoms with van der Waals surface area (Å²) in [4.78, 5) is 12.9. The smallest absolute Gasteiger partial charge is 0.323 e. The van der Waals surface area contributed by atoms with E-state index < -0.39 is 12.0 Å². The fourth-order valence-electron chi connectivity index (χ4n) is 1.94. The van der Waals surface area contributed by atoms with Gasteiger partial charge in [-0.15, -0.1) is 0 Å². The first-order chi connectivity index (χ1) is 8.58. The van der Waals surface area contributed by atoms with Gasteiger partial charge in [-0.2, -0.15) is 0 Å². The number of nitrogens with zero attached hydrogens (tertiary/aromatic N) is 1. The first-order valence-electron chi connectivity index (χ1n) is 5.60. The number of aromatic hydroxyl groups is 1. The zero-order chi connectivity index (χ0) is 13.1. The number of hydrogen-bond acceptors (Lipinski definition) is 4. The standard InChI is InChI=1S/C12H14BrNO4/c13-9-2-1-8(11(15)5-9)6-14-3-4-18-7-10(14)12(16)17/h1-2,5,10,15H,3-4,6-7H2,(H,16,17). The average Bonchev–Trinajstić information content (AvgIpc) is 2.33. The molecule has 1 heterocycles. The maximum atomic E-state index is 11.1. The third-order valence-electron chi connectivity index (χ3n) is 2.95. The van der Waals surface area contributed by atoms with Crippen molar-refractivity contribution < 1.29 is 19.7 Å². The van der Waals surface area contributed by atoms with Gasteiger partial charge in [-0.25, -0.2) is 0 Å². The Kier molecular flexibility index (Phi) is 4.21. The third kappa shape index (κ3) is 3.01. The Morgan fingerprint density at radius 2 is 2.33 bits per heavy atom. The molecule has 0 aromatic heterocycles. The lowest BCUT2D eigenvalue weighted by Crippen LogP contribution is -2.49. The van der Waals surface area contributed by atoms with Gasteiger partial charge in [-0.3, -0.25) is 9.69 Å². The van der Waals surface area contributed by atoms with E-state index in [2.05, 4.69) is 15.9 Å². The van der Waals surface area contributed by atoms with Crippen LogP contribution >= 0.6 is 15.9 Å². The normalized spacial score (nSPS) is 20.8. The molecule has 0 bridgehead atoms. The van der Waals surface area contributed by atoms with Crippen LogP contribution in [0.1, 0.15) is 5.56 Å². The topological polar surface area (TPSA) is 70.0 Å². The van der Waals surface area contributed by atoms with E-state index >= 15 is 0 Å². The molecule has 1 aromatic rings. The lowest BCUT2D eigenvalue weighted by Gasteiger charge is -2.32. The zero-order valence-corrected chi connectivity index (χ0v) is 11.3. The van der Waals surface area contributed by atoms with Crippen LogP contribution in [0.4, 0.5) is 0 Å². The number of phenolic OH excluding ortho intramolecular Hbond substituents is 1. The molecule has 2 N–H and O–H groups in total. The van der Waals surface area contributed by atoms with Crippen molar-refractivity contribution in [3.8, 4) is 5.75 Å². The van der Waals surface area contributed by atoms with E-state index in [-0.39, 0.29) is 12.4 Å². The predicted molar refractivity (Wildman–Crippen MR) is 68.5 cm³/mol. The van der Waals surface area contributed by atoms with Crippen LogP contribution in [0.15, 0.2) is 22.7 Å². The molecule has 0 amide bonds. The van der Waals surface area contributed by atoms with E-state index in [1.165, 1.54) is 0 Å². The summed E-state index contributed by atoms with van der Waals surface area (Å²) in [7, 11) is 0. The van der Waals surface area contributed by atoms with E-state index in [4.69, 9.17) is 9.84 Å². The van der Waals surface area contributed by atoms with Crippen LogP contribution in [0, 0.1) is 0 Å². The Labute approximate surface area is 113 Å². The number of rotatable bonds is 3. The quantitative estimate of drug-likeness (QED) is 0.883. The van der Waals surface area contributed by atoms with Gasteiger partial charge in [0.05, 0.1) is 13.2 Å². The fraction of sp³-hybridized carbons (Fsp3) is 0.417. The van der Waals surface area contributed by atoms with Crippen molar-refractivity contribution in [2.45, 2.75) is 12.6 Å². The molecule has 1 fully saturated rings. The number of carboxylic acids is 1. The highest BCUT2D eigenvalue weighted by Crippen LogP contribution is 2.24. The number of morpholine rings is 1. The SMILES string of the molecule is O=C(O)C1COCCN1Cc1ccc(Br)cc1O. The lowest BCUT2D eigenvalue weighted by atomic mass is 10.1. The van der Waals surface area contributed by atoms with E-state index in [0.29, 0.717) is 25.3 Å². The van der Waals surface area contributed by atoms with E-state index in [1.807, 2.05) is 6.07 Å². The van der Waals surface area contributed by atoms with Gasteiger partial charge in [0.2, 0.25) is 0 Å². The Morgan fingerprint density at radius 1 is 1.56 bits per heavy atom. The number of hydrogen-bond donors (Lipinski definition) is 2. The van der Waals surface area contributed by atoms with Gasteiger partial charge in [0, 0.05) is 23.1 Å². The van der Waals surface area contributed by atoms with Gasteiger partial charge in [-0.1, -0.05) is 22.0 Å². The van der Waals surface area contributed by atoms with Crippen LogP contribution in [-0.2, 0) is 16.1 Å². The van der Waals surface area contributed by atoms with Crippen LogP contribution in [0.2, 0.25) is 0 Å². The number of halogens is 1. The molecule has 1 aliphatic rings. The van der Waals surface area contributed by atoms with Crippen LogP contribution in [0.3, 0.4) is 0 Å². The number of carboxylic acid groups (broad SMARTS) is 1. The molecule has 1 aliphatic heterocycles. The van der Waals surface area contributed by atoms with Crippen molar-refractivity contribution in [2.75, 3.05) is 19.8 Å². The molecule has 1 saturated heterocycles. The van der Waals surface area contributed by atoms with Crippen LogP contribution in [0.25, 0.3) is 0 Å². The van der Waals surface area contributed by atoms with Gasteiger partial charge < -0.3 is 14.9 Å². The molecule has 0 spiro atoms. The lowest BCUT2D eigenvalue weighted by molar-refractivity contribution is -0.150. The molecule has 98 valence electrons. The maximum Gasteiger partial charge on any atom is 0.323 e. The van der Waals surface area contributed by atoms with Crippen molar-refractivity contribution in [3.63, 3.8) is 0 Å². The van der Waals surface area contributed by atoms with Crippen molar-refractivity contribution >= 4 is 21.9 Å². The number of benzene rings is 1. The average molecular weight is 316 g/mol. The van der Waals surface area contributed by atoms with Crippen LogP contribution in [0.5, 0.6) is 5.75 Å². The second-order valence-corrected chi connectivity index (χ2v) is 5.09. The summed E-state index contributed by atoms with van der Waals surface area (Å²) in [6.07, 6.45) is 0. The summed E-state index contributed by atoms with van der Waals surface area (Å²) in [6.45, 7) is 1.65. The molecular weight excluding hydrogens is 302 g/mol. The fourth-order valence-corrected chi connectivity index (χ4v) is 2.29. The summed E-state index contributed by atoms with van der Waals surface area (Å²) in [6, 6.07) is 4.56. The molecule has 0 radical (unpaired) electrons. The minimum absolute atomic E-state index is 0.167. The third-order valence-corrected chi connectivity index (χ3v) is 3.44. The molecule has 1 atom stereocenters. The summed E-state index contributed by atoms with van der Waals surface area (Å²) in [5, 5.41) is 18.9. The molecule has 18 heavy (non-hydrogen) atoms. The minimum Gasteiger partial charge on any atom is -0.508 e. The molecule has 0 aliphatic carbocycles.